The summed E-state index contributed by atoms with van der Waals surface area (Å²) in [4.78, 5) is 24.8. The average Bonchev–Trinajstić information content (AvgIpc) is 1.64. The maximum absolute atomic E-state index is 4.76. The van der Waals surface area contributed by atoms with Gasteiger partial charge in [0.1, 0.15) is 5.65 Å². The largest absolute Gasteiger partial charge is 0.320 e. The van der Waals surface area contributed by atoms with E-state index in [0.717, 1.165) is 87.7 Å². The molecule has 13 nitrogen and oxygen atoms in total. The van der Waals surface area contributed by atoms with Crippen molar-refractivity contribution in [3.63, 3.8) is 0 Å². The monoisotopic (exact) mass is 1250 g/mol. The molecular formula is C81H91N13. The molecule has 1 aliphatic carbocycles. The fraction of sp³-hybridized carbons (Fsp3) is 0.321. The summed E-state index contributed by atoms with van der Waals surface area (Å²) in [5.74, 6) is 0. The van der Waals surface area contributed by atoms with E-state index >= 15 is 0 Å². The van der Waals surface area contributed by atoms with Gasteiger partial charge in [-0.25, -0.2) is 4.98 Å². The highest BCUT2D eigenvalue weighted by molar-refractivity contribution is 5.93. The average molecular weight is 1250 g/mol. The molecule has 0 N–H and O–H groups in total. The fourth-order valence-corrected chi connectivity index (χ4v) is 14.6. The SMILES string of the molecule is C/C(=C/n1c2c(c3cc(C)ccc31)CN(C)CC2)C1=CCN=C1.C/C(=C\n1c2c(c3cc(C)ccc31)CN(C)CC2)c1ccnn1C.C/C(=C\n1c2c(c3cc(C)cnc31)CN(C)CC2)c1ccc(C)nc1.Cc1ccc2c(c1)c1c(n2/C=C/c2ccncc2)CCCC1. The van der Waals surface area contributed by atoms with Gasteiger partial charge >= 0.3 is 0 Å². The Morgan fingerprint density at radius 3 is 1.56 bits per heavy atom. The predicted molar refractivity (Wildman–Crippen MR) is 394 cm³/mol. The zero-order valence-electron chi connectivity index (χ0n) is 57.3. The van der Waals surface area contributed by atoms with Gasteiger partial charge in [0.15, 0.2) is 0 Å². The Balaban J connectivity index is 0.000000114. The molecule has 0 atom stereocenters. The van der Waals surface area contributed by atoms with Crippen LogP contribution in [0.3, 0.4) is 0 Å². The molecule has 94 heavy (non-hydrogen) atoms. The van der Waals surface area contributed by atoms with Crippen LogP contribution in [0.5, 0.6) is 0 Å². The zero-order valence-corrected chi connectivity index (χ0v) is 57.3. The number of aromatic nitrogens is 9. The van der Waals surface area contributed by atoms with Crippen molar-refractivity contribution >= 4 is 92.0 Å². The summed E-state index contributed by atoms with van der Waals surface area (Å²) in [6.07, 6.45) is 33.1. The lowest BCUT2D eigenvalue weighted by Crippen LogP contribution is -2.26. The van der Waals surface area contributed by atoms with Crippen LogP contribution in [0.2, 0.25) is 0 Å². The summed E-state index contributed by atoms with van der Waals surface area (Å²) < 4.78 is 11.4. The van der Waals surface area contributed by atoms with Gasteiger partial charge in [-0.05, 0) is 236 Å². The van der Waals surface area contributed by atoms with Crippen molar-refractivity contribution in [3.05, 3.63) is 229 Å². The molecule has 0 amide bonds. The van der Waals surface area contributed by atoms with Crippen LogP contribution in [0, 0.1) is 34.6 Å². The third kappa shape index (κ3) is 13.2. The van der Waals surface area contributed by atoms with E-state index < -0.39 is 0 Å². The maximum atomic E-state index is 4.76. The van der Waals surface area contributed by atoms with E-state index in [1.807, 2.05) is 68.0 Å². The standard InChI is InChI=1S/C21H24N4.C20H24N4.C20H23N3.C20H20N2/c1-14-9-18-19-13-24(4)8-7-20(19)25(21(18)23-10-14)12-15(2)17-6-5-16(3)22-11-17;1-14-5-6-19-16(11-14)17-13-22(3)10-8-20(17)24(19)12-15(2)18-7-9-21-23(18)4;1-14-4-5-19-17(10-14)18-13-22(3)9-7-20(18)23(19)12-15(2)16-6-8-21-11-16;1-15-6-7-20-18(14-15)17-4-2-3-5-19(17)22(20)13-10-16-8-11-21-12-9-16/h5-6,9-12H,7-8,13H2,1-4H3;5-7,9,11-12H,8,10,13H2,1-4H3;4-6,10-12H,7-9,13H2,1-3H3;6-14H,2-5H2,1H3/b2*15-12+;15-12-;13-10+. The van der Waals surface area contributed by atoms with Gasteiger partial charge in [0.2, 0.25) is 0 Å². The number of hydrogen-bond acceptors (Lipinski definition) is 8. The molecule has 3 aromatic carbocycles. The minimum Gasteiger partial charge on any atom is -0.320 e. The Bertz CT molecular complexity index is 4830. The topological polar surface area (TPSA) is 98.3 Å². The zero-order chi connectivity index (χ0) is 65.3. The molecule has 0 saturated heterocycles. The van der Waals surface area contributed by atoms with Crippen LogP contribution < -0.4 is 0 Å². The fourth-order valence-electron chi connectivity index (χ4n) is 14.6. The summed E-state index contributed by atoms with van der Waals surface area (Å²) in [6, 6.07) is 33.1. The van der Waals surface area contributed by atoms with Crippen LogP contribution in [-0.2, 0) is 58.8 Å². The van der Waals surface area contributed by atoms with Crippen molar-refractivity contribution in [1.29, 1.82) is 0 Å². The third-order valence-electron chi connectivity index (χ3n) is 19.7. The number of aryl methyl sites for hydroxylation is 7. The Kier molecular flexibility index (Phi) is 18.5. The number of allylic oxidation sites excluding steroid dienone is 4. The minimum absolute atomic E-state index is 0.815. The van der Waals surface area contributed by atoms with Gasteiger partial charge in [0, 0.05) is 178 Å². The van der Waals surface area contributed by atoms with Gasteiger partial charge in [0.05, 0.1) is 28.8 Å². The van der Waals surface area contributed by atoms with Crippen molar-refractivity contribution in [2.75, 3.05) is 47.3 Å². The Hall–Kier alpha value is -9.27. The molecule has 4 aliphatic heterocycles. The van der Waals surface area contributed by atoms with Gasteiger partial charge in [-0.2, -0.15) is 5.10 Å². The van der Waals surface area contributed by atoms with Crippen LogP contribution in [0.4, 0.5) is 0 Å². The van der Waals surface area contributed by atoms with Crippen LogP contribution in [-0.4, -0.2) is 111 Å². The normalized spacial score (nSPS) is 16.2. The van der Waals surface area contributed by atoms with E-state index in [-0.39, 0.29) is 0 Å². The quantitative estimate of drug-likeness (QED) is 0.149. The van der Waals surface area contributed by atoms with Gasteiger partial charge in [0.25, 0.3) is 0 Å². The van der Waals surface area contributed by atoms with Crippen LogP contribution in [0.15, 0.2) is 144 Å². The molecule has 5 aliphatic rings. The summed E-state index contributed by atoms with van der Waals surface area (Å²) in [5.41, 5.74) is 31.5. The summed E-state index contributed by atoms with van der Waals surface area (Å²) in [5, 5.41) is 9.82. The second kappa shape index (κ2) is 27.4. The second-order valence-corrected chi connectivity index (χ2v) is 27.0. The van der Waals surface area contributed by atoms with Gasteiger partial charge < -0.3 is 33.0 Å². The smallest absolute Gasteiger partial charge is 0.144 e. The first-order valence-corrected chi connectivity index (χ1v) is 33.7. The van der Waals surface area contributed by atoms with E-state index in [0.29, 0.717) is 0 Å². The number of pyridine rings is 3. The molecule has 480 valence electrons. The van der Waals surface area contributed by atoms with E-state index in [1.165, 1.54) is 153 Å². The van der Waals surface area contributed by atoms with Gasteiger partial charge in [-0.3, -0.25) is 19.6 Å². The number of aliphatic imine (C=N–C) groups is 1. The molecular weight excluding hydrogens is 1150 g/mol. The van der Waals surface area contributed by atoms with Crippen LogP contribution >= 0.6 is 0 Å². The highest BCUT2D eigenvalue weighted by Crippen LogP contribution is 2.37. The van der Waals surface area contributed by atoms with E-state index in [1.54, 1.807) is 5.56 Å². The van der Waals surface area contributed by atoms with E-state index in [4.69, 9.17) is 4.98 Å². The molecule has 11 aromatic rings. The van der Waals surface area contributed by atoms with E-state index in [9.17, 15) is 0 Å². The van der Waals surface area contributed by atoms with Crippen LogP contribution in [0.1, 0.15) is 123 Å². The predicted octanol–water partition coefficient (Wildman–Crippen LogP) is 16.4. The minimum atomic E-state index is 0.815. The Labute approximate surface area is 555 Å². The first-order chi connectivity index (χ1) is 45.5. The van der Waals surface area contributed by atoms with Gasteiger partial charge in [-0.15, -0.1) is 0 Å². The lowest BCUT2D eigenvalue weighted by Gasteiger charge is -2.23. The maximum Gasteiger partial charge on any atom is 0.144 e. The summed E-state index contributed by atoms with van der Waals surface area (Å²) in [6.45, 7) is 24.3. The van der Waals surface area contributed by atoms with Crippen molar-refractivity contribution in [2.24, 2.45) is 12.0 Å². The summed E-state index contributed by atoms with van der Waals surface area (Å²) in [7, 11) is 8.60. The molecule has 0 spiro atoms. The molecule has 0 saturated carbocycles. The molecule has 0 fully saturated rings. The van der Waals surface area contributed by atoms with Crippen molar-refractivity contribution < 1.29 is 0 Å². The van der Waals surface area contributed by atoms with Gasteiger partial charge in [-0.1, -0.05) is 47.0 Å². The lowest BCUT2D eigenvalue weighted by atomic mass is 9.95. The second-order valence-electron chi connectivity index (χ2n) is 27.0. The molecule has 0 bridgehead atoms. The number of benzene rings is 3. The number of likely N-dealkylation sites (N-methyl/N-ethyl adjacent to an activating group) is 3. The Morgan fingerprint density at radius 1 is 0.468 bits per heavy atom. The van der Waals surface area contributed by atoms with Crippen molar-refractivity contribution in [2.45, 2.75) is 120 Å². The van der Waals surface area contributed by atoms with E-state index in [2.05, 4.69) is 238 Å². The first-order valence-electron chi connectivity index (χ1n) is 33.7. The van der Waals surface area contributed by atoms with Crippen molar-refractivity contribution in [3.8, 4) is 0 Å². The van der Waals surface area contributed by atoms with Crippen molar-refractivity contribution in [1.82, 2.24) is 57.7 Å². The lowest BCUT2D eigenvalue weighted by molar-refractivity contribution is 0.312. The molecule has 0 unspecified atom stereocenters. The molecule has 12 heterocycles. The molecule has 16 rings (SSSR count). The Morgan fingerprint density at radius 2 is 1.00 bits per heavy atom. The molecule has 8 aromatic heterocycles. The number of nitrogens with zero attached hydrogens (tertiary/aromatic N) is 13. The number of rotatable bonds is 8. The number of fused-ring (bicyclic) bond motifs is 12. The third-order valence-corrected chi connectivity index (χ3v) is 19.7. The highest BCUT2D eigenvalue weighted by Gasteiger charge is 2.26. The highest BCUT2D eigenvalue weighted by atomic mass is 15.3. The van der Waals surface area contributed by atoms with Crippen LogP contribution in [0.25, 0.3) is 85.8 Å². The molecule has 0 radical (unpaired) electrons. The number of hydrogen-bond donors (Lipinski definition) is 0. The summed E-state index contributed by atoms with van der Waals surface area (Å²) >= 11 is 0. The molecule has 13 heteroatoms. The first kappa shape index (κ1) is 63.5.